The summed E-state index contributed by atoms with van der Waals surface area (Å²) in [5.41, 5.74) is 0. The maximum absolute atomic E-state index is 11.4. The van der Waals surface area contributed by atoms with Crippen molar-refractivity contribution in [1.29, 1.82) is 0 Å². The molecule has 0 saturated carbocycles. The van der Waals surface area contributed by atoms with Crippen LogP contribution in [0.1, 0.15) is 54.2 Å². The number of ether oxygens (including phenoxy) is 5. The smallest absolute Gasteiger partial charge is 0.246 e. The highest BCUT2D eigenvalue weighted by Crippen LogP contribution is 1.95. The maximum atomic E-state index is 11.4. The standard InChI is InChI=1S/C13H28N2O6S.C13H28N2O5S.4H2/c1-4-19-11-13(16)14-5-7-20-9-10-21-8-6-15-22(17,18)12(2)3;1-11(2)13(16)14-5-7-19-9-10-20-8-6-15-21(17,18)12(3)4;;;;/h12,15H,4-11H2,1-3H3,(H,14,16);11-12,15H,5-10H2,1-4H3,(H,14,16);4*1H. The Morgan fingerprint density at radius 1 is 0.581 bits per heavy atom. The summed E-state index contributed by atoms with van der Waals surface area (Å²) in [6.07, 6.45) is 0. The molecular formula is C26H64N4O11S2. The molecule has 0 unspecified atom stereocenters. The van der Waals surface area contributed by atoms with E-state index in [-0.39, 0.29) is 43.1 Å². The van der Waals surface area contributed by atoms with Crippen LogP contribution in [0.25, 0.3) is 0 Å². The van der Waals surface area contributed by atoms with Gasteiger partial charge in [-0.2, -0.15) is 0 Å². The minimum atomic E-state index is -3.23. The molecule has 2 amide bonds. The highest BCUT2D eigenvalue weighted by molar-refractivity contribution is 7.90. The first-order valence-electron chi connectivity index (χ1n) is 14.6. The predicted molar refractivity (Wildman–Crippen MR) is 173 cm³/mol. The van der Waals surface area contributed by atoms with Crippen LogP contribution in [-0.2, 0) is 53.3 Å². The van der Waals surface area contributed by atoms with Crippen molar-refractivity contribution in [3.63, 3.8) is 0 Å². The molecule has 0 aliphatic carbocycles. The highest BCUT2D eigenvalue weighted by Gasteiger charge is 2.15. The summed E-state index contributed by atoms with van der Waals surface area (Å²) in [5.74, 6) is -0.186. The molecule has 0 aliphatic heterocycles. The number of sulfonamides is 2. The van der Waals surface area contributed by atoms with Gasteiger partial charge in [0.25, 0.3) is 0 Å². The zero-order valence-corrected chi connectivity index (χ0v) is 28.6. The fourth-order valence-corrected chi connectivity index (χ4v) is 3.85. The van der Waals surface area contributed by atoms with Gasteiger partial charge in [0.15, 0.2) is 0 Å². The summed E-state index contributed by atoms with van der Waals surface area (Å²) in [6.45, 7) is 16.9. The molecule has 4 N–H and O–H groups in total. The van der Waals surface area contributed by atoms with Crippen molar-refractivity contribution >= 4 is 31.9 Å². The van der Waals surface area contributed by atoms with E-state index in [1.165, 1.54) is 0 Å². The second kappa shape index (κ2) is 26.9. The van der Waals surface area contributed by atoms with Crippen LogP contribution >= 0.6 is 0 Å². The van der Waals surface area contributed by atoms with Gasteiger partial charge in [0.05, 0.1) is 63.4 Å². The Bertz CT molecular complexity index is 936. The summed E-state index contributed by atoms with van der Waals surface area (Å²) in [5, 5.41) is 4.50. The zero-order chi connectivity index (χ0) is 33.2. The minimum Gasteiger partial charge on any atom is -0.378 e. The van der Waals surface area contributed by atoms with Crippen molar-refractivity contribution in [3.8, 4) is 0 Å². The first-order chi connectivity index (χ1) is 20.2. The Hall–Kier alpha value is -1.44. The Kier molecular flexibility index (Phi) is 27.3. The van der Waals surface area contributed by atoms with Gasteiger partial charge in [0.1, 0.15) is 6.61 Å². The third-order valence-corrected chi connectivity index (χ3v) is 8.86. The zero-order valence-electron chi connectivity index (χ0n) is 26.9. The first kappa shape index (κ1) is 43.7. The van der Waals surface area contributed by atoms with Crippen LogP contribution in [0.3, 0.4) is 0 Å². The summed E-state index contributed by atoms with van der Waals surface area (Å²) in [7, 11) is -6.45. The second-order valence-corrected chi connectivity index (χ2v) is 14.5. The molecule has 0 bridgehead atoms. The van der Waals surface area contributed by atoms with Crippen LogP contribution in [0.4, 0.5) is 0 Å². The quantitative estimate of drug-likeness (QED) is 0.0940. The predicted octanol–water partition coefficient (Wildman–Crippen LogP) is 0.604. The molecule has 0 radical (unpaired) electrons. The first-order valence-corrected chi connectivity index (χ1v) is 17.7. The fraction of sp³-hybridized carbons (Fsp3) is 0.923. The van der Waals surface area contributed by atoms with Crippen LogP contribution in [-0.4, -0.2) is 131 Å². The lowest BCUT2D eigenvalue weighted by Crippen LogP contribution is -2.33. The van der Waals surface area contributed by atoms with Gasteiger partial charge in [-0.1, -0.05) is 13.8 Å². The monoisotopic (exact) mass is 672 g/mol. The molecule has 0 aromatic carbocycles. The van der Waals surface area contributed by atoms with E-state index in [9.17, 15) is 26.4 Å². The summed E-state index contributed by atoms with van der Waals surface area (Å²) < 4.78 is 76.5. The minimum absolute atomic E-state index is 0. The molecule has 0 saturated heterocycles. The second-order valence-electron chi connectivity index (χ2n) is 9.86. The van der Waals surface area contributed by atoms with E-state index in [1.54, 1.807) is 27.7 Å². The lowest BCUT2D eigenvalue weighted by atomic mass is 10.2. The van der Waals surface area contributed by atoms with E-state index in [0.717, 1.165) is 0 Å². The molecular weight excluding hydrogens is 608 g/mol. The lowest BCUT2D eigenvalue weighted by molar-refractivity contribution is -0.126. The van der Waals surface area contributed by atoms with E-state index in [4.69, 9.17) is 23.7 Å². The van der Waals surface area contributed by atoms with Gasteiger partial charge in [0, 0.05) is 44.4 Å². The third kappa shape index (κ3) is 27.8. The molecule has 0 atom stereocenters. The normalized spacial score (nSPS) is 12.0. The van der Waals surface area contributed by atoms with Crippen molar-refractivity contribution in [1.82, 2.24) is 20.1 Å². The van der Waals surface area contributed by atoms with Crippen LogP contribution < -0.4 is 20.1 Å². The van der Waals surface area contributed by atoms with Gasteiger partial charge in [0.2, 0.25) is 31.9 Å². The molecule has 0 aromatic rings. The van der Waals surface area contributed by atoms with Crippen LogP contribution in [0.15, 0.2) is 0 Å². The number of hydrogen-bond acceptors (Lipinski definition) is 11. The average molecular weight is 673 g/mol. The van der Waals surface area contributed by atoms with E-state index < -0.39 is 30.5 Å². The molecule has 0 aliphatic rings. The number of nitrogens with one attached hydrogen (secondary N) is 4. The maximum Gasteiger partial charge on any atom is 0.246 e. The van der Waals surface area contributed by atoms with E-state index in [1.807, 2.05) is 20.8 Å². The average Bonchev–Trinajstić information content (AvgIpc) is 2.93. The Labute approximate surface area is 264 Å². The van der Waals surface area contributed by atoms with Gasteiger partial charge < -0.3 is 34.3 Å². The third-order valence-electron chi connectivity index (χ3n) is 5.16. The van der Waals surface area contributed by atoms with Crippen LogP contribution in [0, 0.1) is 5.92 Å². The van der Waals surface area contributed by atoms with Crippen molar-refractivity contribution in [2.75, 3.05) is 92.2 Å². The van der Waals surface area contributed by atoms with Crippen molar-refractivity contribution in [3.05, 3.63) is 0 Å². The molecule has 266 valence electrons. The largest absolute Gasteiger partial charge is 0.378 e. The SMILES string of the molecule is CC(C)C(=O)NCCOCCOCCNS(=O)(=O)C(C)C.CCOCC(=O)NCCOCCOCCNS(=O)(=O)C(C)C.[HH].[HH].[HH].[HH]. The Morgan fingerprint density at radius 3 is 1.30 bits per heavy atom. The van der Waals surface area contributed by atoms with Crippen molar-refractivity contribution in [2.24, 2.45) is 5.92 Å². The van der Waals surface area contributed by atoms with E-state index in [0.29, 0.717) is 72.6 Å². The molecule has 0 aromatic heterocycles. The van der Waals surface area contributed by atoms with Gasteiger partial charge in [-0.15, -0.1) is 0 Å². The van der Waals surface area contributed by atoms with Gasteiger partial charge in [-0.3, -0.25) is 9.59 Å². The molecule has 15 nitrogen and oxygen atoms in total. The molecule has 17 heteroatoms. The number of carbonyl (C=O) groups excluding carboxylic acids is 2. The van der Waals surface area contributed by atoms with Crippen molar-refractivity contribution < 1.29 is 55.8 Å². The Morgan fingerprint density at radius 2 is 0.953 bits per heavy atom. The topological polar surface area (TPSA) is 197 Å². The summed E-state index contributed by atoms with van der Waals surface area (Å²) in [4.78, 5) is 22.4. The molecule has 43 heavy (non-hydrogen) atoms. The number of carbonyl (C=O) groups is 2. The van der Waals surface area contributed by atoms with Gasteiger partial charge in [-0.25, -0.2) is 26.3 Å². The molecule has 0 fully saturated rings. The van der Waals surface area contributed by atoms with Crippen molar-refractivity contribution in [2.45, 2.75) is 59.0 Å². The fourth-order valence-electron chi connectivity index (χ4n) is 2.45. The molecule has 0 rings (SSSR count). The van der Waals surface area contributed by atoms with E-state index >= 15 is 0 Å². The number of rotatable bonds is 26. The summed E-state index contributed by atoms with van der Waals surface area (Å²) in [6, 6.07) is 0. The van der Waals surface area contributed by atoms with Crippen LogP contribution in [0.2, 0.25) is 0 Å². The number of hydrogen-bond donors (Lipinski definition) is 4. The summed E-state index contributed by atoms with van der Waals surface area (Å²) >= 11 is 0. The van der Waals surface area contributed by atoms with E-state index in [2.05, 4.69) is 20.1 Å². The van der Waals surface area contributed by atoms with Gasteiger partial charge in [-0.05, 0) is 34.6 Å². The molecule has 0 spiro atoms. The lowest BCUT2D eigenvalue weighted by Gasteiger charge is -2.10. The van der Waals surface area contributed by atoms with Crippen LogP contribution in [0.5, 0.6) is 0 Å². The highest BCUT2D eigenvalue weighted by atomic mass is 32.2. The molecule has 0 heterocycles. The number of amides is 2. The van der Waals surface area contributed by atoms with Gasteiger partial charge >= 0.3 is 0 Å². The Balaban J connectivity index is -0.000000165.